The number of rotatable bonds is 4. The highest BCUT2D eigenvalue weighted by Crippen LogP contribution is 2.23. The monoisotopic (exact) mass is 293 g/mol. The molecule has 0 bridgehead atoms. The summed E-state index contributed by atoms with van der Waals surface area (Å²) in [5, 5.41) is 12.2. The summed E-state index contributed by atoms with van der Waals surface area (Å²) in [5.41, 5.74) is 2.02. The average molecular weight is 294 g/mol. The Balaban J connectivity index is 2.05. The van der Waals surface area contributed by atoms with Gasteiger partial charge in [-0.05, 0) is 51.5 Å². The number of nitrogens with zero attached hydrogens (tertiary/aromatic N) is 2. The van der Waals surface area contributed by atoms with E-state index in [1.807, 2.05) is 25.1 Å². The van der Waals surface area contributed by atoms with E-state index < -0.39 is 0 Å². The Bertz CT molecular complexity index is 567. The summed E-state index contributed by atoms with van der Waals surface area (Å²) in [6.07, 6.45) is 0.712. The van der Waals surface area contributed by atoms with Crippen molar-refractivity contribution in [3.05, 3.63) is 34.7 Å². The van der Waals surface area contributed by atoms with Crippen LogP contribution in [-0.2, 0) is 6.42 Å². The zero-order valence-corrected chi connectivity index (χ0v) is 13.1. The highest BCUT2D eigenvalue weighted by atomic mass is 35.5. The fraction of sp³-hybridized carbons (Fsp3) is 0.467. The minimum atomic E-state index is 0.0902. The molecule has 5 heteroatoms. The molecular formula is C15H20ClN3O. The molecule has 20 heavy (non-hydrogen) atoms. The van der Waals surface area contributed by atoms with Gasteiger partial charge in [-0.3, -0.25) is 0 Å². The van der Waals surface area contributed by atoms with Crippen LogP contribution in [0.3, 0.4) is 0 Å². The van der Waals surface area contributed by atoms with Gasteiger partial charge in [-0.25, -0.2) is 0 Å². The Labute approximate surface area is 124 Å². The number of hydrogen-bond acceptors (Lipinski definition) is 4. The van der Waals surface area contributed by atoms with Crippen molar-refractivity contribution in [3.63, 3.8) is 0 Å². The number of hydrogen-bond donors (Lipinski definition) is 1. The molecular weight excluding hydrogens is 274 g/mol. The van der Waals surface area contributed by atoms with E-state index in [0.717, 1.165) is 17.7 Å². The maximum absolute atomic E-state index is 6.04. The topological polar surface area (TPSA) is 51.0 Å². The van der Waals surface area contributed by atoms with Crippen LogP contribution in [0.15, 0.2) is 22.6 Å². The lowest BCUT2D eigenvalue weighted by atomic mass is 10.1. The first kappa shape index (κ1) is 15.0. The predicted molar refractivity (Wildman–Crippen MR) is 80.9 cm³/mol. The van der Waals surface area contributed by atoms with E-state index in [1.54, 1.807) is 0 Å². The molecule has 0 saturated heterocycles. The van der Waals surface area contributed by atoms with E-state index >= 15 is 0 Å². The summed E-state index contributed by atoms with van der Waals surface area (Å²) in [6, 6.07) is 5.71. The first-order valence-electron chi connectivity index (χ1n) is 6.68. The second-order valence-corrected chi connectivity index (χ2v) is 6.38. The van der Waals surface area contributed by atoms with E-state index in [-0.39, 0.29) is 5.54 Å². The van der Waals surface area contributed by atoms with E-state index in [0.29, 0.717) is 23.2 Å². The van der Waals surface area contributed by atoms with Gasteiger partial charge in [0.25, 0.3) is 0 Å². The number of aromatic nitrogens is 2. The highest BCUT2D eigenvalue weighted by molar-refractivity contribution is 6.30. The second-order valence-electron chi connectivity index (χ2n) is 5.94. The SMILES string of the molecule is Cc1cc(Cl)cc(-c2nnc(CCNC(C)(C)C)o2)c1. The normalized spacial score (nSPS) is 11.8. The lowest BCUT2D eigenvalue weighted by Crippen LogP contribution is -2.37. The molecule has 2 rings (SSSR count). The van der Waals surface area contributed by atoms with Crippen molar-refractivity contribution in [3.8, 4) is 11.5 Å². The van der Waals surface area contributed by atoms with E-state index in [9.17, 15) is 0 Å². The van der Waals surface area contributed by atoms with E-state index in [2.05, 4.69) is 36.3 Å². The second kappa shape index (κ2) is 5.94. The van der Waals surface area contributed by atoms with Crippen molar-refractivity contribution in [1.29, 1.82) is 0 Å². The van der Waals surface area contributed by atoms with Gasteiger partial charge >= 0.3 is 0 Å². The van der Waals surface area contributed by atoms with Crippen molar-refractivity contribution in [2.75, 3.05) is 6.54 Å². The molecule has 1 aromatic heterocycles. The number of nitrogens with one attached hydrogen (secondary N) is 1. The lowest BCUT2D eigenvalue weighted by Gasteiger charge is -2.19. The van der Waals surface area contributed by atoms with Crippen LogP contribution in [0.5, 0.6) is 0 Å². The van der Waals surface area contributed by atoms with Gasteiger partial charge in [0.2, 0.25) is 11.8 Å². The van der Waals surface area contributed by atoms with Crippen molar-refractivity contribution in [2.24, 2.45) is 0 Å². The Kier molecular flexibility index (Phi) is 4.45. The van der Waals surface area contributed by atoms with Crippen molar-refractivity contribution in [2.45, 2.75) is 39.7 Å². The fourth-order valence-electron chi connectivity index (χ4n) is 1.88. The van der Waals surface area contributed by atoms with Gasteiger partial charge < -0.3 is 9.73 Å². The lowest BCUT2D eigenvalue weighted by molar-refractivity contribution is 0.412. The largest absolute Gasteiger partial charge is 0.421 e. The van der Waals surface area contributed by atoms with Crippen LogP contribution in [0, 0.1) is 6.92 Å². The number of halogens is 1. The summed E-state index contributed by atoms with van der Waals surface area (Å²) in [7, 11) is 0. The summed E-state index contributed by atoms with van der Waals surface area (Å²) in [6.45, 7) is 9.17. The number of aryl methyl sites for hydroxylation is 1. The third kappa shape index (κ3) is 4.32. The molecule has 0 radical (unpaired) electrons. The molecule has 0 spiro atoms. The number of benzene rings is 1. The maximum Gasteiger partial charge on any atom is 0.247 e. The summed E-state index contributed by atoms with van der Waals surface area (Å²) >= 11 is 6.04. The predicted octanol–water partition coefficient (Wildman–Crippen LogP) is 3.63. The molecule has 0 saturated carbocycles. The molecule has 1 aromatic carbocycles. The standard InChI is InChI=1S/C15H20ClN3O/c1-10-7-11(9-12(16)8-10)14-19-18-13(20-14)5-6-17-15(2,3)4/h7-9,17H,5-6H2,1-4H3. The highest BCUT2D eigenvalue weighted by Gasteiger charge is 2.12. The molecule has 108 valence electrons. The Morgan fingerprint density at radius 1 is 1.20 bits per heavy atom. The Hall–Kier alpha value is -1.39. The van der Waals surface area contributed by atoms with Crippen LogP contribution in [0.2, 0.25) is 5.02 Å². The molecule has 4 nitrogen and oxygen atoms in total. The summed E-state index contributed by atoms with van der Waals surface area (Å²) in [5.74, 6) is 1.15. The molecule has 1 N–H and O–H groups in total. The van der Waals surface area contributed by atoms with Crippen molar-refractivity contribution in [1.82, 2.24) is 15.5 Å². The van der Waals surface area contributed by atoms with Crippen LogP contribution in [0.25, 0.3) is 11.5 Å². The van der Waals surface area contributed by atoms with Crippen LogP contribution in [-0.4, -0.2) is 22.3 Å². The molecule has 0 amide bonds. The van der Waals surface area contributed by atoms with Gasteiger partial charge in [0.15, 0.2) is 0 Å². The first-order valence-corrected chi connectivity index (χ1v) is 7.06. The molecule has 0 aliphatic rings. The molecule has 2 aromatic rings. The first-order chi connectivity index (χ1) is 9.33. The van der Waals surface area contributed by atoms with Crippen LogP contribution >= 0.6 is 11.6 Å². The van der Waals surface area contributed by atoms with Crippen molar-refractivity contribution < 1.29 is 4.42 Å². The van der Waals surface area contributed by atoms with E-state index in [4.69, 9.17) is 16.0 Å². The van der Waals surface area contributed by atoms with Gasteiger partial charge in [0, 0.05) is 29.1 Å². The molecule has 0 aliphatic carbocycles. The fourth-order valence-corrected chi connectivity index (χ4v) is 2.17. The Morgan fingerprint density at radius 3 is 2.60 bits per heavy atom. The maximum atomic E-state index is 6.04. The summed E-state index contributed by atoms with van der Waals surface area (Å²) in [4.78, 5) is 0. The summed E-state index contributed by atoms with van der Waals surface area (Å²) < 4.78 is 5.67. The molecule has 0 fully saturated rings. The van der Waals surface area contributed by atoms with Crippen molar-refractivity contribution >= 4 is 11.6 Å². The van der Waals surface area contributed by atoms with Gasteiger partial charge in [-0.2, -0.15) is 0 Å². The molecule has 1 heterocycles. The van der Waals surface area contributed by atoms with Crippen LogP contribution in [0.4, 0.5) is 0 Å². The van der Waals surface area contributed by atoms with Gasteiger partial charge in [-0.1, -0.05) is 11.6 Å². The van der Waals surface area contributed by atoms with Crippen LogP contribution < -0.4 is 5.32 Å². The third-order valence-corrected chi connectivity index (χ3v) is 2.97. The van der Waals surface area contributed by atoms with Gasteiger partial charge in [0.05, 0.1) is 0 Å². The average Bonchev–Trinajstić information content (AvgIpc) is 2.74. The van der Waals surface area contributed by atoms with Gasteiger partial charge in [0.1, 0.15) is 0 Å². The quantitative estimate of drug-likeness (QED) is 0.935. The zero-order chi connectivity index (χ0) is 14.8. The minimum Gasteiger partial charge on any atom is -0.421 e. The molecule has 0 unspecified atom stereocenters. The molecule has 0 aliphatic heterocycles. The Morgan fingerprint density at radius 2 is 1.95 bits per heavy atom. The van der Waals surface area contributed by atoms with Crippen LogP contribution in [0.1, 0.15) is 32.2 Å². The van der Waals surface area contributed by atoms with E-state index in [1.165, 1.54) is 0 Å². The zero-order valence-electron chi connectivity index (χ0n) is 12.3. The smallest absolute Gasteiger partial charge is 0.247 e. The minimum absolute atomic E-state index is 0.0902. The van der Waals surface area contributed by atoms with Gasteiger partial charge in [-0.15, -0.1) is 10.2 Å². The molecule has 0 atom stereocenters. The third-order valence-electron chi connectivity index (χ3n) is 2.75.